The van der Waals surface area contributed by atoms with Gasteiger partial charge in [-0.3, -0.25) is 4.79 Å². The number of carbonyl (C=O) groups is 1. The Balaban J connectivity index is 1.68. The van der Waals surface area contributed by atoms with Crippen LogP contribution in [0.1, 0.15) is 60.3 Å². The van der Waals surface area contributed by atoms with Crippen molar-refractivity contribution in [2.24, 2.45) is 29.6 Å². The van der Waals surface area contributed by atoms with Crippen LogP contribution in [-0.4, -0.2) is 49.4 Å². The van der Waals surface area contributed by atoms with E-state index in [0.717, 1.165) is 19.3 Å². The fourth-order valence-corrected chi connectivity index (χ4v) is 6.88. The largest absolute Gasteiger partial charge is 0.462 e. The van der Waals surface area contributed by atoms with Crippen LogP contribution in [0.25, 0.3) is 0 Å². The minimum Gasteiger partial charge on any atom is -0.462 e. The second kappa shape index (κ2) is 9.73. The zero-order valence-electron chi connectivity index (χ0n) is 21.0. The van der Waals surface area contributed by atoms with Gasteiger partial charge in [-0.15, -0.1) is 0 Å². The zero-order valence-corrected chi connectivity index (χ0v) is 22.0. The second-order valence-electron chi connectivity index (χ2n) is 11.9. The van der Waals surface area contributed by atoms with Gasteiger partial charge in [-0.1, -0.05) is 52.8 Å². The molecule has 0 bridgehead atoms. The maximum absolute atomic E-state index is 12.4. The van der Waals surface area contributed by atoms with Crippen LogP contribution in [0.4, 0.5) is 0 Å². The lowest BCUT2D eigenvalue weighted by Crippen LogP contribution is -2.47. The first-order chi connectivity index (χ1) is 14.8. The summed E-state index contributed by atoms with van der Waals surface area (Å²) >= 11 is 0. The van der Waals surface area contributed by atoms with Gasteiger partial charge in [0.25, 0.3) is 0 Å². The summed E-state index contributed by atoms with van der Waals surface area (Å²) in [6.07, 6.45) is 8.62. The molecule has 8 atom stereocenters. The molecule has 2 aliphatic carbocycles. The lowest BCUT2D eigenvalue weighted by Gasteiger charge is -2.45. The molecule has 3 rings (SSSR count). The van der Waals surface area contributed by atoms with E-state index in [-0.39, 0.29) is 53.5 Å². The molecule has 0 aromatic heterocycles. The molecular formula is C26H44O5Si. The van der Waals surface area contributed by atoms with Gasteiger partial charge in [0.15, 0.2) is 8.32 Å². The van der Waals surface area contributed by atoms with Gasteiger partial charge >= 0.3 is 5.97 Å². The van der Waals surface area contributed by atoms with Crippen LogP contribution in [-0.2, 0) is 14.0 Å². The fourth-order valence-electron chi connectivity index (χ4n) is 5.51. The number of esters is 1. The van der Waals surface area contributed by atoms with Crippen molar-refractivity contribution >= 4 is 14.3 Å². The van der Waals surface area contributed by atoms with E-state index < -0.39 is 14.4 Å². The number of cyclic esters (lactones) is 1. The maximum Gasteiger partial charge on any atom is 0.308 e. The van der Waals surface area contributed by atoms with E-state index >= 15 is 0 Å². The Morgan fingerprint density at radius 2 is 1.84 bits per heavy atom. The number of aliphatic hydroxyl groups excluding tert-OH is 2. The molecule has 0 aromatic carbocycles. The molecule has 1 fully saturated rings. The quantitative estimate of drug-likeness (QED) is 0.434. The summed E-state index contributed by atoms with van der Waals surface area (Å²) in [5.41, 5.74) is 1.19. The number of ether oxygens (including phenoxy) is 1. The number of aliphatic hydroxyl groups is 2. The van der Waals surface area contributed by atoms with Crippen molar-refractivity contribution in [3.63, 3.8) is 0 Å². The fraction of sp³-hybridized carbons (Fsp3) is 0.808. The molecule has 182 valence electrons. The molecule has 1 heterocycles. The molecule has 0 spiro atoms. The number of carbonyl (C=O) groups excluding carboxylic acids is 1. The van der Waals surface area contributed by atoms with Crippen molar-refractivity contribution in [1.82, 2.24) is 0 Å². The van der Waals surface area contributed by atoms with E-state index in [2.05, 4.69) is 65.9 Å². The minimum absolute atomic E-state index is 0.000135. The van der Waals surface area contributed by atoms with Gasteiger partial charge in [0.2, 0.25) is 0 Å². The number of allylic oxidation sites excluding steroid dienone is 3. The van der Waals surface area contributed by atoms with E-state index in [1.807, 2.05) is 0 Å². The van der Waals surface area contributed by atoms with Crippen molar-refractivity contribution in [2.45, 2.75) is 96.7 Å². The molecule has 0 saturated carbocycles. The molecule has 0 aromatic rings. The number of rotatable bonds is 6. The van der Waals surface area contributed by atoms with Crippen LogP contribution in [0.5, 0.6) is 0 Å². The van der Waals surface area contributed by atoms with E-state index in [1.165, 1.54) is 5.57 Å². The Morgan fingerprint density at radius 3 is 2.47 bits per heavy atom. The van der Waals surface area contributed by atoms with Crippen molar-refractivity contribution in [2.75, 3.05) is 6.61 Å². The summed E-state index contributed by atoms with van der Waals surface area (Å²) in [4.78, 5) is 12.4. The topological polar surface area (TPSA) is 76.0 Å². The third-order valence-electron chi connectivity index (χ3n) is 8.57. The summed E-state index contributed by atoms with van der Waals surface area (Å²) in [6.45, 7) is 15.4. The van der Waals surface area contributed by atoms with Gasteiger partial charge in [0, 0.05) is 24.9 Å². The van der Waals surface area contributed by atoms with Crippen LogP contribution in [0.2, 0.25) is 18.1 Å². The molecule has 1 aliphatic heterocycles. The van der Waals surface area contributed by atoms with Crippen molar-refractivity contribution in [3.8, 4) is 0 Å². The molecule has 32 heavy (non-hydrogen) atoms. The van der Waals surface area contributed by atoms with Crippen LogP contribution in [0.15, 0.2) is 23.8 Å². The van der Waals surface area contributed by atoms with Gasteiger partial charge in [0.05, 0.1) is 18.6 Å². The average molecular weight is 465 g/mol. The summed E-state index contributed by atoms with van der Waals surface area (Å²) in [5, 5.41) is 21.1. The first-order valence-electron chi connectivity index (χ1n) is 12.4. The minimum atomic E-state index is -1.95. The Labute approximate surface area is 195 Å². The summed E-state index contributed by atoms with van der Waals surface area (Å²) in [5.74, 6) is 0.504. The first-order valence-corrected chi connectivity index (χ1v) is 15.3. The highest BCUT2D eigenvalue weighted by Crippen LogP contribution is 2.46. The number of fused-ring (bicyclic) bond motifs is 1. The van der Waals surface area contributed by atoms with Crippen LogP contribution < -0.4 is 0 Å². The highest BCUT2D eigenvalue weighted by Gasteiger charge is 2.44. The molecule has 0 radical (unpaired) electrons. The zero-order chi connectivity index (χ0) is 23.8. The molecule has 2 N–H and O–H groups in total. The van der Waals surface area contributed by atoms with Gasteiger partial charge in [0.1, 0.15) is 6.10 Å². The number of hydrogen-bond acceptors (Lipinski definition) is 5. The molecule has 6 heteroatoms. The third-order valence-corrected chi connectivity index (χ3v) is 13.1. The average Bonchev–Trinajstić information content (AvgIpc) is 2.66. The van der Waals surface area contributed by atoms with E-state index in [0.29, 0.717) is 12.3 Å². The molecular weight excluding hydrogens is 420 g/mol. The van der Waals surface area contributed by atoms with Crippen LogP contribution in [0.3, 0.4) is 0 Å². The summed E-state index contributed by atoms with van der Waals surface area (Å²) in [7, 11) is -1.95. The molecule has 3 aliphatic rings. The van der Waals surface area contributed by atoms with Crippen LogP contribution >= 0.6 is 0 Å². The SMILES string of the molecule is C[C@H]1C=CC2=C[C@H](C)[C@@H](CO)[C@H](O)[C@@H]2[C@H]1CC[C@@H]1C[C@@H](O[Si](C)(C)C(C)(C)C)CC(=O)O1. The molecule has 1 saturated heterocycles. The summed E-state index contributed by atoms with van der Waals surface area (Å²) in [6, 6.07) is 0. The maximum atomic E-state index is 12.4. The van der Waals surface area contributed by atoms with E-state index in [9.17, 15) is 15.0 Å². The van der Waals surface area contributed by atoms with Crippen molar-refractivity contribution in [1.29, 1.82) is 0 Å². The van der Waals surface area contributed by atoms with E-state index in [4.69, 9.17) is 9.16 Å². The smallest absolute Gasteiger partial charge is 0.308 e. The first kappa shape index (κ1) is 25.7. The highest BCUT2D eigenvalue weighted by atomic mass is 28.4. The third kappa shape index (κ3) is 5.40. The molecule has 5 nitrogen and oxygen atoms in total. The Morgan fingerprint density at radius 1 is 1.16 bits per heavy atom. The Kier molecular flexibility index (Phi) is 7.80. The lowest BCUT2D eigenvalue weighted by molar-refractivity contribution is -0.160. The highest BCUT2D eigenvalue weighted by molar-refractivity contribution is 6.74. The molecule has 0 amide bonds. The van der Waals surface area contributed by atoms with Gasteiger partial charge in [-0.05, 0) is 54.3 Å². The van der Waals surface area contributed by atoms with Crippen molar-refractivity contribution < 1.29 is 24.2 Å². The monoisotopic (exact) mass is 464 g/mol. The van der Waals surface area contributed by atoms with Crippen molar-refractivity contribution in [3.05, 3.63) is 23.8 Å². The summed E-state index contributed by atoms with van der Waals surface area (Å²) < 4.78 is 12.3. The normalized spacial score (nSPS) is 38.2. The number of hydrogen-bond donors (Lipinski definition) is 2. The Bertz CT molecular complexity index is 737. The lowest BCUT2D eigenvalue weighted by atomic mass is 9.62. The standard InChI is InChI=1S/C26H44O5Si/c1-16-8-9-18-12-17(2)22(15-27)25(29)24(18)21(16)11-10-19-13-20(14-23(28)30-19)31-32(6,7)26(3,4)5/h8-9,12,16-17,19-22,24-25,27,29H,10-11,13-15H2,1-7H3/t16-,17-,19+,20+,21-,22+,24-,25-/m0/s1. The Hall–Kier alpha value is -0.953. The van der Waals surface area contributed by atoms with Gasteiger partial charge < -0.3 is 19.4 Å². The predicted molar refractivity (Wildman–Crippen MR) is 130 cm³/mol. The predicted octanol–water partition coefficient (Wildman–Crippen LogP) is 4.85. The van der Waals surface area contributed by atoms with Gasteiger partial charge in [-0.2, -0.15) is 0 Å². The molecule has 0 unspecified atom stereocenters. The van der Waals surface area contributed by atoms with E-state index in [1.54, 1.807) is 0 Å². The van der Waals surface area contributed by atoms with Gasteiger partial charge in [-0.25, -0.2) is 0 Å². The second-order valence-corrected chi connectivity index (χ2v) is 16.7. The van der Waals surface area contributed by atoms with Crippen LogP contribution in [0, 0.1) is 29.6 Å².